The highest BCUT2D eigenvalue weighted by atomic mass is 16.3. The number of hydrogen-bond donors (Lipinski definition) is 3. The second kappa shape index (κ2) is 7.18. The van der Waals surface area contributed by atoms with Crippen LogP contribution in [0.2, 0.25) is 0 Å². The molecule has 144 valence electrons. The number of nitrogens with one attached hydrogen (secondary N) is 2. The number of amides is 1. The Hall–Kier alpha value is -3.44. The summed E-state index contributed by atoms with van der Waals surface area (Å²) in [5, 5.41) is 13.9. The van der Waals surface area contributed by atoms with Gasteiger partial charge in [-0.3, -0.25) is 4.79 Å². The molecule has 0 spiro atoms. The first-order valence-corrected chi connectivity index (χ1v) is 9.76. The third-order valence-corrected chi connectivity index (χ3v) is 5.78. The molecule has 1 aliphatic carbocycles. The molecule has 0 aliphatic heterocycles. The van der Waals surface area contributed by atoms with Crippen LogP contribution in [0.5, 0.6) is 0 Å². The molecule has 0 bridgehead atoms. The molecule has 0 unspecified atom stereocenters. The zero-order valence-corrected chi connectivity index (χ0v) is 15.8. The van der Waals surface area contributed by atoms with Gasteiger partial charge in [-0.05, 0) is 52.9 Å². The van der Waals surface area contributed by atoms with Crippen LogP contribution in [0.3, 0.4) is 0 Å². The van der Waals surface area contributed by atoms with E-state index in [0.29, 0.717) is 5.56 Å². The normalized spacial score (nSPS) is 18.0. The zero-order chi connectivity index (χ0) is 19.8. The van der Waals surface area contributed by atoms with Crippen molar-refractivity contribution >= 4 is 16.9 Å². The van der Waals surface area contributed by atoms with E-state index in [2.05, 4.69) is 21.4 Å². The van der Waals surface area contributed by atoms with Gasteiger partial charge in [0.2, 0.25) is 0 Å². The van der Waals surface area contributed by atoms with Crippen molar-refractivity contribution in [2.75, 3.05) is 6.61 Å². The molecular weight excluding hydrogens is 362 g/mol. The Labute approximate surface area is 168 Å². The van der Waals surface area contributed by atoms with E-state index in [1.807, 2.05) is 60.8 Å². The van der Waals surface area contributed by atoms with Crippen LogP contribution in [0, 0.1) is 5.92 Å². The number of hydrogen-bond acceptors (Lipinski definition) is 3. The fraction of sp³-hybridized carbons (Fsp3) is 0.167. The Morgan fingerprint density at radius 3 is 2.76 bits per heavy atom. The van der Waals surface area contributed by atoms with Gasteiger partial charge in [-0.2, -0.15) is 0 Å². The number of aliphatic hydroxyl groups excluding tert-OH is 1. The quantitative estimate of drug-likeness (QED) is 0.501. The lowest BCUT2D eigenvalue weighted by Crippen LogP contribution is -2.32. The van der Waals surface area contributed by atoms with Crippen LogP contribution < -0.4 is 5.32 Å². The second-order valence-electron chi connectivity index (χ2n) is 7.47. The summed E-state index contributed by atoms with van der Waals surface area (Å²) >= 11 is 0. The van der Waals surface area contributed by atoms with Gasteiger partial charge in [0.25, 0.3) is 5.91 Å². The second-order valence-corrected chi connectivity index (χ2v) is 7.47. The van der Waals surface area contributed by atoms with E-state index in [9.17, 15) is 9.90 Å². The monoisotopic (exact) mass is 383 g/mol. The van der Waals surface area contributed by atoms with Gasteiger partial charge in [-0.15, -0.1) is 0 Å². The fourth-order valence-electron chi connectivity index (χ4n) is 4.28. The van der Waals surface area contributed by atoms with Crippen molar-refractivity contribution in [2.45, 2.75) is 12.5 Å². The average Bonchev–Trinajstić information content (AvgIpc) is 3.38. The van der Waals surface area contributed by atoms with E-state index in [1.54, 1.807) is 6.20 Å². The largest absolute Gasteiger partial charge is 0.396 e. The highest BCUT2D eigenvalue weighted by Gasteiger charge is 2.32. The number of rotatable bonds is 4. The van der Waals surface area contributed by atoms with Crippen molar-refractivity contribution < 1.29 is 9.90 Å². The lowest BCUT2D eigenvalue weighted by atomic mass is 10.00. The number of carbonyl (C=O) groups excluding carboxylic acids is 1. The van der Waals surface area contributed by atoms with Crippen LogP contribution in [0.1, 0.15) is 27.5 Å². The van der Waals surface area contributed by atoms with E-state index in [-0.39, 0.29) is 24.5 Å². The average molecular weight is 383 g/mol. The minimum absolute atomic E-state index is 0.00863. The topological polar surface area (TPSA) is 78.0 Å². The fourth-order valence-corrected chi connectivity index (χ4v) is 4.28. The highest BCUT2D eigenvalue weighted by Crippen LogP contribution is 2.36. The molecule has 2 heterocycles. The van der Waals surface area contributed by atoms with Crippen LogP contribution in [-0.4, -0.2) is 27.6 Å². The van der Waals surface area contributed by atoms with E-state index >= 15 is 0 Å². The lowest BCUT2D eigenvalue weighted by molar-refractivity contribution is 0.0911. The molecule has 2 aromatic carbocycles. The summed E-state index contributed by atoms with van der Waals surface area (Å²) in [6.07, 6.45) is 4.44. The molecule has 1 amide bonds. The smallest absolute Gasteiger partial charge is 0.251 e. The van der Waals surface area contributed by atoms with Crippen LogP contribution in [-0.2, 0) is 6.42 Å². The van der Waals surface area contributed by atoms with Gasteiger partial charge in [0, 0.05) is 35.9 Å². The van der Waals surface area contributed by atoms with Crippen molar-refractivity contribution in [1.29, 1.82) is 0 Å². The summed E-state index contributed by atoms with van der Waals surface area (Å²) in [5.74, 6) is -0.118. The molecule has 1 aliphatic rings. The molecule has 2 atom stereocenters. The number of carbonyl (C=O) groups is 1. The molecule has 0 saturated heterocycles. The predicted molar refractivity (Wildman–Crippen MR) is 112 cm³/mol. The summed E-state index contributed by atoms with van der Waals surface area (Å²) in [5.41, 5.74) is 5.86. The Balaban J connectivity index is 1.39. The van der Waals surface area contributed by atoms with Gasteiger partial charge in [0.1, 0.15) is 5.65 Å². The maximum Gasteiger partial charge on any atom is 0.251 e. The lowest BCUT2D eigenvalue weighted by Gasteiger charge is -2.20. The first kappa shape index (κ1) is 17.6. The van der Waals surface area contributed by atoms with Crippen LogP contribution in [0.25, 0.3) is 22.2 Å². The number of benzene rings is 2. The van der Waals surface area contributed by atoms with Crippen LogP contribution >= 0.6 is 0 Å². The SMILES string of the molecule is O=C(N[C@@H]1c2ccccc2C[C@@H]1CO)c1ccc(-c2ccnc3[nH]ccc23)cc1. The van der Waals surface area contributed by atoms with Crippen molar-refractivity contribution in [3.05, 3.63) is 89.7 Å². The number of pyridine rings is 1. The third-order valence-electron chi connectivity index (χ3n) is 5.78. The minimum Gasteiger partial charge on any atom is -0.396 e. The van der Waals surface area contributed by atoms with E-state index < -0.39 is 0 Å². The number of H-pyrrole nitrogens is 1. The summed E-state index contributed by atoms with van der Waals surface area (Å²) < 4.78 is 0. The van der Waals surface area contributed by atoms with Crippen LogP contribution in [0.15, 0.2) is 73.1 Å². The molecule has 5 rings (SSSR count). The third kappa shape index (κ3) is 3.09. The molecule has 0 fully saturated rings. The molecule has 29 heavy (non-hydrogen) atoms. The minimum atomic E-state index is -0.164. The Kier molecular flexibility index (Phi) is 4.37. The van der Waals surface area contributed by atoms with E-state index in [4.69, 9.17) is 0 Å². The number of aromatic amines is 1. The Morgan fingerprint density at radius 2 is 1.93 bits per heavy atom. The van der Waals surface area contributed by atoms with E-state index in [0.717, 1.165) is 34.1 Å². The first-order chi connectivity index (χ1) is 14.2. The molecule has 3 N–H and O–H groups in total. The maximum atomic E-state index is 12.9. The van der Waals surface area contributed by atoms with Crippen molar-refractivity contribution in [2.24, 2.45) is 5.92 Å². The van der Waals surface area contributed by atoms with E-state index in [1.165, 1.54) is 5.56 Å². The maximum absolute atomic E-state index is 12.9. The highest BCUT2D eigenvalue weighted by molar-refractivity contribution is 5.97. The van der Waals surface area contributed by atoms with Crippen molar-refractivity contribution in [1.82, 2.24) is 15.3 Å². The molecule has 5 heteroatoms. The summed E-state index contributed by atoms with van der Waals surface area (Å²) in [4.78, 5) is 20.3. The van der Waals surface area contributed by atoms with Gasteiger partial charge >= 0.3 is 0 Å². The number of fused-ring (bicyclic) bond motifs is 2. The summed E-state index contributed by atoms with van der Waals surface area (Å²) in [6.45, 7) is 0.0489. The molecule has 2 aromatic heterocycles. The van der Waals surface area contributed by atoms with Gasteiger partial charge in [-0.25, -0.2) is 4.98 Å². The molecule has 4 aromatic rings. The molecular formula is C24H21N3O2. The van der Waals surface area contributed by atoms with Crippen LogP contribution in [0.4, 0.5) is 0 Å². The van der Waals surface area contributed by atoms with Gasteiger partial charge in [0.05, 0.1) is 6.04 Å². The zero-order valence-electron chi connectivity index (χ0n) is 15.8. The molecule has 5 nitrogen and oxygen atoms in total. The molecule has 0 saturated carbocycles. The van der Waals surface area contributed by atoms with Crippen molar-refractivity contribution in [3.63, 3.8) is 0 Å². The summed E-state index contributed by atoms with van der Waals surface area (Å²) in [6, 6.07) is 19.5. The van der Waals surface area contributed by atoms with Gasteiger partial charge < -0.3 is 15.4 Å². The summed E-state index contributed by atoms with van der Waals surface area (Å²) in [7, 11) is 0. The number of aliphatic hydroxyl groups is 1. The van der Waals surface area contributed by atoms with Crippen molar-refractivity contribution in [3.8, 4) is 11.1 Å². The number of nitrogens with zero attached hydrogens (tertiary/aromatic N) is 1. The van der Waals surface area contributed by atoms with Gasteiger partial charge in [-0.1, -0.05) is 36.4 Å². The Morgan fingerprint density at radius 1 is 1.10 bits per heavy atom. The first-order valence-electron chi connectivity index (χ1n) is 9.76. The number of aromatic nitrogens is 2. The van der Waals surface area contributed by atoms with Gasteiger partial charge in [0.15, 0.2) is 0 Å². The predicted octanol–water partition coefficient (Wildman–Crippen LogP) is 3.87. The molecule has 0 radical (unpaired) electrons. The Bertz CT molecular complexity index is 1180. The standard InChI is InChI=1S/C24H21N3O2/c28-14-18-13-17-3-1-2-4-20(17)22(18)27-24(29)16-7-5-15(6-8-16)19-9-11-25-23-21(19)10-12-26-23/h1-12,18,22,28H,13-14H2,(H,25,26)(H,27,29)/t18-,22+/m1/s1.